The Morgan fingerprint density at radius 2 is 1.77 bits per heavy atom. The molecule has 0 aliphatic carbocycles. The van der Waals surface area contributed by atoms with E-state index < -0.39 is 30.0 Å². The molecule has 11 nitrogen and oxygen atoms in total. The van der Waals surface area contributed by atoms with Crippen molar-refractivity contribution in [1.82, 2.24) is 25.0 Å². The van der Waals surface area contributed by atoms with Crippen LogP contribution in [0.15, 0.2) is 48.7 Å². The van der Waals surface area contributed by atoms with E-state index in [1.165, 1.54) is 9.80 Å². The number of nitrogens with zero attached hydrogens (tertiary/aromatic N) is 4. The Morgan fingerprint density at radius 3 is 2.50 bits per heavy atom. The standard InChI is InChI=1S/C29H38N6O5/c1-21-17-23(11-12-31-21)18-32-27(37)25-19-34(29(39)40-20-22-7-3-2-4-8-22)15-16-35(25)28(38)24(30)9-10-26(36)33-13-5-6-14-33/h2-4,7-8,11-12,17,24-25H,5-6,9-10,13-16,18-20,30H2,1H3,(H,32,37). The van der Waals surface area contributed by atoms with Gasteiger partial charge in [-0.1, -0.05) is 30.3 Å². The quantitative estimate of drug-likeness (QED) is 0.484. The molecule has 40 heavy (non-hydrogen) atoms. The Bertz CT molecular complexity index is 1190. The van der Waals surface area contributed by atoms with Crippen molar-refractivity contribution in [2.75, 3.05) is 32.7 Å². The third-order valence-corrected chi connectivity index (χ3v) is 7.30. The van der Waals surface area contributed by atoms with Gasteiger partial charge in [0.05, 0.1) is 12.6 Å². The second kappa shape index (κ2) is 13.9. The highest BCUT2D eigenvalue weighted by molar-refractivity contribution is 5.91. The van der Waals surface area contributed by atoms with E-state index in [9.17, 15) is 19.2 Å². The number of nitrogens with two attached hydrogens (primary N) is 1. The van der Waals surface area contributed by atoms with Crippen molar-refractivity contribution in [1.29, 1.82) is 0 Å². The Labute approximate surface area is 234 Å². The number of aromatic nitrogens is 1. The molecule has 0 radical (unpaired) electrons. The van der Waals surface area contributed by atoms with Crippen molar-refractivity contribution in [3.05, 3.63) is 65.5 Å². The Morgan fingerprint density at radius 1 is 1.02 bits per heavy atom. The van der Waals surface area contributed by atoms with Crippen LogP contribution in [-0.4, -0.2) is 88.3 Å². The van der Waals surface area contributed by atoms with Gasteiger partial charge >= 0.3 is 6.09 Å². The number of nitrogens with one attached hydrogen (secondary N) is 1. The number of hydrogen-bond donors (Lipinski definition) is 2. The predicted molar refractivity (Wildman–Crippen MR) is 148 cm³/mol. The summed E-state index contributed by atoms with van der Waals surface area (Å²) >= 11 is 0. The first kappa shape index (κ1) is 29.0. The molecule has 214 valence electrons. The number of carbonyl (C=O) groups is 4. The molecule has 0 saturated carbocycles. The second-order valence-electron chi connectivity index (χ2n) is 10.3. The molecule has 0 spiro atoms. The fraction of sp³-hybridized carbons (Fsp3) is 0.483. The number of piperazine rings is 1. The topological polar surface area (TPSA) is 138 Å². The minimum atomic E-state index is -0.950. The Balaban J connectivity index is 1.40. The largest absolute Gasteiger partial charge is 0.445 e. The molecule has 1 aromatic heterocycles. The fourth-order valence-electron chi connectivity index (χ4n) is 5.01. The van der Waals surface area contributed by atoms with Gasteiger partial charge in [-0.25, -0.2) is 4.79 Å². The second-order valence-corrected chi connectivity index (χ2v) is 10.3. The molecule has 2 saturated heterocycles. The molecule has 2 aromatic rings. The molecule has 4 rings (SSSR count). The minimum absolute atomic E-state index is 0.00586. The lowest BCUT2D eigenvalue weighted by atomic mass is 10.1. The number of aryl methyl sites for hydroxylation is 1. The maximum absolute atomic E-state index is 13.4. The van der Waals surface area contributed by atoms with Gasteiger partial charge in [0, 0.05) is 51.0 Å². The van der Waals surface area contributed by atoms with Crippen LogP contribution in [0.3, 0.4) is 0 Å². The summed E-state index contributed by atoms with van der Waals surface area (Å²) in [4.78, 5) is 61.0. The van der Waals surface area contributed by atoms with Crippen LogP contribution in [0.2, 0.25) is 0 Å². The van der Waals surface area contributed by atoms with Crippen LogP contribution in [0.25, 0.3) is 0 Å². The molecule has 1 aromatic carbocycles. The third kappa shape index (κ3) is 7.78. The van der Waals surface area contributed by atoms with Gasteiger partial charge < -0.3 is 30.5 Å². The van der Waals surface area contributed by atoms with Crippen LogP contribution in [0, 0.1) is 6.92 Å². The molecule has 11 heteroatoms. The van der Waals surface area contributed by atoms with E-state index in [0.29, 0.717) is 0 Å². The normalized spacial score (nSPS) is 17.9. The smallest absolute Gasteiger partial charge is 0.410 e. The van der Waals surface area contributed by atoms with E-state index in [0.717, 1.165) is 42.8 Å². The van der Waals surface area contributed by atoms with Crippen LogP contribution in [0.1, 0.15) is 42.5 Å². The first-order chi connectivity index (χ1) is 19.3. The van der Waals surface area contributed by atoms with Crippen LogP contribution in [0.4, 0.5) is 4.79 Å². The van der Waals surface area contributed by atoms with Crippen LogP contribution < -0.4 is 11.1 Å². The average Bonchev–Trinajstić information content (AvgIpc) is 3.52. The summed E-state index contributed by atoms with van der Waals surface area (Å²) in [7, 11) is 0. The number of benzene rings is 1. The lowest BCUT2D eigenvalue weighted by Gasteiger charge is -2.41. The van der Waals surface area contributed by atoms with Crippen LogP contribution in [-0.2, 0) is 32.3 Å². The highest BCUT2D eigenvalue weighted by atomic mass is 16.6. The summed E-state index contributed by atoms with van der Waals surface area (Å²) in [6.45, 7) is 3.99. The molecular weight excluding hydrogens is 512 g/mol. The highest BCUT2D eigenvalue weighted by Gasteiger charge is 2.39. The van der Waals surface area contributed by atoms with Gasteiger partial charge in [-0.15, -0.1) is 0 Å². The van der Waals surface area contributed by atoms with Crippen LogP contribution >= 0.6 is 0 Å². The lowest BCUT2D eigenvalue weighted by Crippen LogP contribution is -2.63. The monoisotopic (exact) mass is 550 g/mol. The lowest BCUT2D eigenvalue weighted by molar-refractivity contribution is -0.145. The highest BCUT2D eigenvalue weighted by Crippen LogP contribution is 2.17. The first-order valence-electron chi connectivity index (χ1n) is 13.8. The number of ether oxygens (including phenoxy) is 1. The van der Waals surface area contributed by atoms with Crippen molar-refractivity contribution in [2.45, 2.75) is 57.8 Å². The zero-order chi connectivity index (χ0) is 28.5. The van der Waals surface area contributed by atoms with Gasteiger partial charge in [0.1, 0.15) is 12.6 Å². The van der Waals surface area contributed by atoms with E-state index in [4.69, 9.17) is 10.5 Å². The zero-order valence-electron chi connectivity index (χ0n) is 23.0. The van der Waals surface area contributed by atoms with Gasteiger partial charge in [0.15, 0.2) is 0 Å². The molecule has 2 unspecified atom stereocenters. The van der Waals surface area contributed by atoms with Crippen LogP contribution in [0.5, 0.6) is 0 Å². The SMILES string of the molecule is Cc1cc(CNC(=O)C2CN(C(=O)OCc3ccccc3)CCN2C(=O)C(N)CCC(=O)N2CCCC2)ccn1. The molecule has 0 bridgehead atoms. The zero-order valence-corrected chi connectivity index (χ0v) is 23.0. The van der Waals surface area contributed by atoms with Gasteiger partial charge in [-0.2, -0.15) is 0 Å². The maximum atomic E-state index is 13.4. The van der Waals surface area contributed by atoms with Gasteiger partial charge in [-0.3, -0.25) is 19.4 Å². The summed E-state index contributed by atoms with van der Waals surface area (Å²) in [6.07, 6.45) is 3.46. The summed E-state index contributed by atoms with van der Waals surface area (Å²) in [5, 5.41) is 2.88. The summed E-state index contributed by atoms with van der Waals surface area (Å²) in [5.74, 6) is -0.816. The molecular formula is C29H38N6O5. The van der Waals surface area contributed by atoms with E-state index in [1.54, 1.807) is 17.2 Å². The van der Waals surface area contributed by atoms with Gasteiger partial charge in [0.25, 0.3) is 0 Å². The van der Waals surface area contributed by atoms with Crippen molar-refractivity contribution >= 4 is 23.8 Å². The number of carbonyl (C=O) groups excluding carboxylic acids is 4. The number of hydrogen-bond acceptors (Lipinski definition) is 7. The molecule has 4 amide bonds. The number of amides is 4. The molecule has 2 fully saturated rings. The van der Waals surface area contributed by atoms with Crippen molar-refractivity contribution in [3.8, 4) is 0 Å². The Hall–Kier alpha value is -3.99. The van der Waals surface area contributed by atoms with E-state index in [1.807, 2.05) is 43.3 Å². The average molecular weight is 551 g/mol. The summed E-state index contributed by atoms with van der Waals surface area (Å²) < 4.78 is 5.47. The van der Waals surface area contributed by atoms with Crippen molar-refractivity contribution in [2.24, 2.45) is 5.73 Å². The van der Waals surface area contributed by atoms with Gasteiger partial charge in [0.2, 0.25) is 17.7 Å². The van der Waals surface area contributed by atoms with E-state index in [2.05, 4.69) is 10.3 Å². The molecule has 3 N–H and O–H groups in total. The summed E-state index contributed by atoms with van der Waals surface area (Å²) in [5.41, 5.74) is 8.78. The maximum Gasteiger partial charge on any atom is 0.410 e. The molecule has 2 atom stereocenters. The molecule has 2 aliphatic rings. The van der Waals surface area contributed by atoms with E-state index >= 15 is 0 Å². The van der Waals surface area contributed by atoms with E-state index in [-0.39, 0.29) is 51.5 Å². The number of rotatable bonds is 9. The van der Waals surface area contributed by atoms with Crippen molar-refractivity contribution in [3.63, 3.8) is 0 Å². The third-order valence-electron chi connectivity index (χ3n) is 7.30. The Kier molecular flexibility index (Phi) is 10.1. The van der Waals surface area contributed by atoms with Gasteiger partial charge in [-0.05, 0) is 49.4 Å². The predicted octanol–water partition coefficient (Wildman–Crippen LogP) is 1.59. The minimum Gasteiger partial charge on any atom is -0.445 e. The number of likely N-dealkylation sites (tertiary alicyclic amines) is 1. The summed E-state index contributed by atoms with van der Waals surface area (Å²) in [6, 6.07) is 11.1. The first-order valence-corrected chi connectivity index (χ1v) is 13.8. The molecule has 2 aliphatic heterocycles. The number of pyridine rings is 1. The van der Waals surface area contributed by atoms with Crippen molar-refractivity contribution < 1.29 is 23.9 Å². The fourth-order valence-corrected chi connectivity index (χ4v) is 5.01. The molecule has 3 heterocycles.